The zero-order chi connectivity index (χ0) is 28.8. The van der Waals surface area contributed by atoms with E-state index in [1.807, 2.05) is 73.7 Å². The van der Waals surface area contributed by atoms with Crippen LogP contribution in [0.5, 0.6) is 5.75 Å². The Morgan fingerprint density at radius 3 is 2.15 bits per heavy atom. The monoisotopic (exact) mass is 547 g/mol. The first-order valence-corrected chi connectivity index (χ1v) is 12.1. The maximum atomic E-state index is 12.9. The quantitative estimate of drug-likeness (QED) is 0.242. The minimum atomic E-state index is -5.08. The molecule has 0 aliphatic carbocycles. The molecular weight excluding hydrogens is 515 g/mol. The van der Waals surface area contributed by atoms with Gasteiger partial charge in [0.1, 0.15) is 24.2 Å². The largest absolute Gasteiger partial charge is 0.492 e. The fourth-order valence-corrected chi connectivity index (χ4v) is 3.21. The number of carboxylic acid groups (broad SMARTS) is 1. The second-order valence-electron chi connectivity index (χ2n) is 8.79. The summed E-state index contributed by atoms with van der Waals surface area (Å²) in [6, 6.07) is 20.7. The van der Waals surface area contributed by atoms with Crippen LogP contribution in [0.3, 0.4) is 0 Å². The third-order valence-electron chi connectivity index (χ3n) is 4.89. The van der Waals surface area contributed by atoms with Crippen molar-refractivity contribution in [1.82, 2.24) is 15.3 Å². The number of ether oxygens (including phenoxy) is 1. The number of carboxylic acids is 1. The Labute approximate surface area is 224 Å². The summed E-state index contributed by atoms with van der Waals surface area (Å²) in [7, 11) is 0. The number of amides is 1. The van der Waals surface area contributed by atoms with E-state index in [9.17, 15) is 18.0 Å². The van der Waals surface area contributed by atoms with Gasteiger partial charge >= 0.3 is 12.1 Å². The molecule has 0 fully saturated rings. The molecule has 0 aliphatic heterocycles. The maximum absolute atomic E-state index is 12.9. The van der Waals surface area contributed by atoms with Crippen LogP contribution >= 0.6 is 0 Å². The van der Waals surface area contributed by atoms with Crippen LogP contribution in [0.2, 0.25) is 0 Å². The molecule has 0 saturated carbocycles. The third-order valence-corrected chi connectivity index (χ3v) is 4.89. The highest BCUT2D eigenvalue weighted by Crippen LogP contribution is 2.18. The molecule has 1 atom stereocenters. The number of hydrogen-bond donors (Lipinski definition) is 4. The summed E-state index contributed by atoms with van der Waals surface area (Å²) < 4.78 is 37.4. The number of para-hydroxylation sites is 2. The Balaban J connectivity index is 0.000000673. The lowest BCUT2D eigenvalue weighted by atomic mass is 10.0. The summed E-state index contributed by atoms with van der Waals surface area (Å²) in [5, 5.41) is 16.6. The Bertz CT molecular complexity index is 1180. The number of nitrogens with zero attached hydrogens (tertiary/aromatic N) is 2. The molecule has 2 aromatic carbocycles. The van der Waals surface area contributed by atoms with E-state index in [-0.39, 0.29) is 5.91 Å². The molecule has 0 aliphatic rings. The second kappa shape index (κ2) is 15.2. The van der Waals surface area contributed by atoms with Gasteiger partial charge in [0, 0.05) is 17.4 Å². The predicted octanol–water partition coefficient (Wildman–Crippen LogP) is 5.18. The molecule has 12 heteroatoms. The third kappa shape index (κ3) is 12.2. The van der Waals surface area contributed by atoms with Gasteiger partial charge in [-0.05, 0) is 43.5 Å². The van der Waals surface area contributed by atoms with Gasteiger partial charge in [-0.15, -0.1) is 0 Å². The molecule has 0 unspecified atom stereocenters. The van der Waals surface area contributed by atoms with Crippen LogP contribution in [0, 0.1) is 12.8 Å². The van der Waals surface area contributed by atoms with E-state index in [4.69, 9.17) is 14.6 Å². The number of benzene rings is 2. The lowest BCUT2D eigenvalue weighted by Gasteiger charge is -2.21. The molecule has 0 radical (unpaired) electrons. The number of hydrogen-bond acceptors (Lipinski definition) is 7. The normalized spacial score (nSPS) is 11.6. The number of nitrogens with one attached hydrogen (secondary N) is 3. The first-order valence-electron chi connectivity index (χ1n) is 12.1. The van der Waals surface area contributed by atoms with Crippen LogP contribution in [0.15, 0.2) is 66.7 Å². The Hall–Kier alpha value is -4.35. The zero-order valence-corrected chi connectivity index (χ0v) is 21.8. The summed E-state index contributed by atoms with van der Waals surface area (Å²) in [4.78, 5) is 30.8. The van der Waals surface area contributed by atoms with Crippen molar-refractivity contribution in [2.24, 2.45) is 5.92 Å². The van der Waals surface area contributed by atoms with Gasteiger partial charge in [-0.1, -0.05) is 50.2 Å². The number of aromatic nitrogens is 2. The van der Waals surface area contributed by atoms with Crippen molar-refractivity contribution >= 4 is 29.3 Å². The molecule has 3 aromatic rings. The number of carbonyl (C=O) groups excluding carboxylic acids is 1. The Morgan fingerprint density at radius 1 is 1.00 bits per heavy atom. The Kier molecular flexibility index (Phi) is 12.0. The minimum Gasteiger partial charge on any atom is -0.492 e. The van der Waals surface area contributed by atoms with Crippen molar-refractivity contribution < 1.29 is 32.6 Å². The van der Waals surface area contributed by atoms with Gasteiger partial charge in [0.05, 0.1) is 6.54 Å². The van der Waals surface area contributed by atoms with Crippen molar-refractivity contribution in [1.29, 1.82) is 0 Å². The van der Waals surface area contributed by atoms with Crippen molar-refractivity contribution in [3.8, 4) is 5.75 Å². The Morgan fingerprint density at radius 2 is 1.59 bits per heavy atom. The summed E-state index contributed by atoms with van der Waals surface area (Å²) in [6.07, 6.45) is -4.41. The zero-order valence-electron chi connectivity index (χ0n) is 21.8. The molecule has 9 nitrogen and oxygen atoms in total. The first-order chi connectivity index (χ1) is 18.4. The van der Waals surface area contributed by atoms with E-state index < -0.39 is 18.2 Å². The lowest BCUT2D eigenvalue weighted by Crippen LogP contribution is -2.42. The number of carbonyl (C=O) groups is 2. The second-order valence-corrected chi connectivity index (χ2v) is 8.79. The summed E-state index contributed by atoms with van der Waals surface area (Å²) in [5.74, 6) is -0.621. The number of halogens is 3. The van der Waals surface area contributed by atoms with E-state index >= 15 is 0 Å². The molecule has 1 heterocycles. The van der Waals surface area contributed by atoms with E-state index in [2.05, 4.69) is 39.8 Å². The predicted molar refractivity (Wildman–Crippen MR) is 142 cm³/mol. The van der Waals surface area contributed by atoms with Crippen molar-refractivity contribution in [3.63, 3.8) is 0 Å². The van der Waals surface area contributed by atoms with E-state index in [1.165, 1.54) is 0 Å². The van der Waals surface area contributed by atoms with Gasteiger partial charge < -0.3 is 25.8 Å². The number of alkyl halides is 3. The molecule has 210 valence electrons. The van der Waals surface area contributed by atoms with Crippen LogP contribution < -0.4 is 20.7 Å². The molecular formula is C27H32F3N5O4. The van der Waals surface area contributed by atoms with Crippen molar-refractivity contribution in [3.05, 3.63) is 72.4 Å². The van der Waals surface area contributed by atoms with Crippen molar-refractivity contribution in [2.75, 3.05) is 23.8 Å². The molecule has 1 amide bonds. The topological polar surface area (TPSA) is 125 Å². The molecule has 4 N–H and O–H groups in total. The van der Waals surface area contributed by atoms with Gasteiger partial charge in [0.25, 0.3) is 0 Å². The smallest absolute Gasteiger partial charge is 0.490 e. The maximum Gasteiger partial charge on any atom is 0.490 e. The molecule has 0 bridgehead atoms. The summed E-state index contributed by atoms with van der Waals surface area (Å²) in [5.41, 5.74) is 1.71. The average Bonchev–Trinajstić information content (AvgIpc) is 2.86. The molecule has 0 spiro atoms. The number of aliphatic carboxylic acids is 1. The van der Waals surface area contributed by atoms with Crippen molar-refractivity contribution in [2.45, 2.75) is 39.4 Å². The highest BCUT2D eigenvalue weighted by molar-refractivity contribution is 5.84. The molecule has 1 aromatic heterocycles. The van der Waals surface area contributed by atoms with E-state index in [0.717, 1.165) is 17.1 Å². The summed E-state index contributed by atoms with van der Waals surface area (Å²) >= 11 is 0. The van der Waals surface area contributed by atoms with Crippen LogP contribution in [-0.2, 0) is 9.59 Å². The average molecular weight is 548 g/mol. The van der Waals surface area contributed by atoms with Gasteiger partial charge in [0.2, 0.25) is 11.9 Å². The van der Waals surface area contributed by atoms with E-state index in [0.29, 0.717) is 37.3 Å². The molecule has 0 saturated heterocycles. The van der Waals surface area contributed by atoms with Crippen LogP contribution in [0.25, 0.3) is 0 Å². The molecule has 3 rings (SSSR count). The van der Waals surface area contributed by atoms with Gasteiger partial charge in [-0.25, -0.2) is 9.78 Å². The summed E-state index contributed by atoms with van der Waals surface area (Å²) in [6.45, 7) is 6.92. The highest BCUT2D eigenvalue weighted by Gasteiger charge is 2.38. The van der Waals surface area contributed by atoms with Crippen LogP contribution in [0.4, 0.5) is 30.6 Å². The number of anilines is 3. The van der Waals surface area contributed by atoms with Gasteiger partial charge in [-0.3, -0.25) is 4.79 Å². The van der Waals surface area contributed by atoms with Crippen LogP contribution in [-0.4, -0.2) is 52.3 Å². The first kappa shape index (κ1) is 30.9. The number of aryl methyl sites for hydroxylation is 1. The SMILES string of the molecule is Cc1cc(N[C@@H](CC(C)C)C(=O)NCCOc2ccccc2)nc(Nc2ccccc2)n1.O=C(O)C(F)(F)F. The fourth-order valence-electron chi connectivity index (χ4n) is 3.21. The highest BCUT2D eigenvalue weighted by atomic mass is 19.4. The number of rotatable bonds is 11. The fraction of sp³-hybridized carbons (Fsp3) is 0.333. The van der Waals surface area contributed by atoms with E-state index in [1.54, 1.807) is 0 Å². The minimum absolute atomic E-state index is 0.0794. The van der Waals surface area contributed by atoms with Gasteiger partial charge in [-0.2, -0.15) is 18.2 Å². The lowest BCUT2D eigenvalue weighted by molar-refractivity contribution is -0.192. The van der Waals surface area contributed by atoms with Gasteiger partial charge in [0.15, 0.2) is 0 Å². The standard InChI is InChI=1S/C25H31N5O2.C2HF3O2/c1-18(2)16-22(24(31)26-14-15-32-21-12-8-5-9-13-21)29-23-17-19(3)27-25(30-23)28-20-10-6-4-7-11-20;3-2(4,5)1(6)7/h4-13,17-18,22H,14-16H2,1-3H3,(H,26,31)(H2,27,28,29,30);(H,6,7)/t22-;/m0./s1. The van der Waals surface area contributed by atoms with Crippen LogP contribution in [0.1, 0.15) is 26.0 Å². The molecule has 39 heavy (non-hydrogen) atoms.